The Labute approximate surface area is 363 Å². The Bertz CT molecular complexity index is 1830. The molecule has 0 spiro atoms. The quantitative estimate of drug-likeness (QED) is 0.242. The minimum Gasteiger partial charge on any atom is -0.443 e. The number of thiocarbonyl (C=S) groups is 2. The maximum Gasteiger partial charge on any atom is 0.414 e. The van der Waals surface area contributed by atoms with E-state index in [1.165, 1.54) is 21.9 Å². The van der Waals surface area contributed by atoms with E-state index in [4.69, 9.17) is 49.9 Å². The number of carbonyl (C=O) groups is 4. The molecule has 2 aromatic carbocycles. The van der Waals surface area contributed by atoms with Gasteiger partial charge in [-0.25, -0.2) is 18.4 Å². The molecule has 4 fully saturated rings. The van der Waals surface area contributed by atoms with E-state index in [2.05, 4.69) is 12.2 Å². The monoisotopic (exact) mass is 896 g/mol. The number of aliphatic hydroxyl groups excluding tert-OH is 2. The van der Waals surface area contributed by atoms with Gasteiger partial charge in [0.2, 0.25) is 11.8 Å². The Hall–Kier alpha value is -4.41. The Balaban J connectivity index is 0.000000235. The van der Waals surface area contributed by atoms with E-state index in [-0.39, 0.29) is 30.6 Å². The number of ether oxygens (including phenoxy) is 2. The summed E-state index contributed by atoms with van der Waals surface area (Å²) in [5, 5.41) is 20.9. The molecule has 6 rings (SSSR count). The summed E-state index contributed by atoms with van der Waals surface area (Å²) in [6.07, 6.45) is 1.97. The molecule has 5 N–H and O–H groups in total. The number of rotatable bonds is 11. The van der Waals surface area contributed by atoms with E-state index in [0.717, 1.165) is 17.0 Å². The lowest BCUT2D eigenvalue weighted by molar-refractivity contribution is -0.135. The van der Waals surface area contributed by atoms with Crippen molar-refractivity contribution in [2.45, 2.75) is 38.9 Å². The number of amides is 4. The van der Waals surface area contributed by atoms with Crippen LogP contribution in [0.1, 0.15) is 26.7 Å². The van der Waals surface area contributed by atoms with Crippen LogP contribution in [0.4, 0.5) is 41.1 Å². The molecule has 2 aromatic rings. The topological polar surface area (TPSA) is 185 Å². The molecule has 330 valence electrons. The molecule has 4 aliphatic heterocycles. The van der Waals surface area contributed by atoms with Gasteiger partial charge in [-0.15, -0.1) is 11.8 Å². The highest BCUT2D eigenvalue weighted by molar-refractivity contribution is 8.22. The molecule has 21 heteroatoms. The standard InChI is InChI=1S/C19H25FN4O4S.C16H21FN4O4.C4H8S2/c1-2-17(29)21-10-14-11-24(19(27)28-14)13-3-4-16(15(20)9-13)22-5-7-23(8-6-22)18(26)12-25;17-13-7-11(21-9-12(8-18)25-16(21)24)1-2-14(13)19-3-5-20(6-4-19)15(23)10-22;1-3-4(5)6-2/h3-4,9,14,25H,2,5-8,10-12H2,1H3,(H,21,29);1-2,7,12,22H,3-6,8-10,18H2;3H2,1-2H3/t14-;12-;/m00./s1. The highest BCUT2D eigenvalue weighted by Crippen LogP contribution is 2.30. The summed E-state index contributed by atoms with van der Waals surface area (Å²) in [6, 6.07) is 9.26. The van der Waals surface area contributed by atoms with Crippen molar-refractivity contribution in [3.05, 3.63) is 48.0 Å². The minimum absolute atomic E-state index is 0.222. The third kappa shape index (κ3) is 13.0. The average molecular weight is 897 g/mol. The van der Waals surface area contributed by atoms with Crippen LogP contribution < -0.4 is 30.7 Å². The van der Waals surface area contributed by atoms with Gasteiger partial charge < -0.3 is 50.3 Å². The first kappa shape index (κ1) is 48.3. The van der Waals surface area contributed by atoms with E-state index in [1.807, 2.05) is 23.0 Å². The van der Waals surface area contributed by atoms with Crippen molar-refractivity contribution in [2.24, 2.45) is 5.73 Å². The van der Waals surface area contributed by atoms with Crippen molar-refractivity contribution in [1.82, 2.24) is 15.1 Å². The number of hydrogen-bond acceptors (Lipinski definition) is 14. The number of hydrogen-bond donors (Lipinski definition) is 4. The number of piperazine rings is 2. The van der Waals surface area contributed by atoms with Gasteiger partial charge in [0.15, 0.2) is 0 Å². The van der Waals surface area contributed by atoms with E-state index < -0.39 is 37.0 Å². The van der Waals surface area contributed by atoms with Gasteiger partial charge in [-0.05, 0) is 55.5 Å². The van der Waals surface area contributed by atoms with Crippen LogP contribution >= 0.6 is 36.2 Å². The fourth-order valence-electron chi connectivity index (χ4n) is 6.62. The summed E-state index contributed by atoms with van der Waals surface area (Å²) in [7, 11) is 0. The predicted molar refractivity (Wildman–Crippen MR) is 236 cm³/mol. The molecule has 0 aromatic heterocycles. The number of nitrogens with zero attached hydrogens (tertiary/aromatic N) is 6. The maximum absolute atomic E-state index is 14.8. The summed E-state index contributed by atoms with van der Waals surface area (Å²) in [5.74, 6) is -1.52. The number of halogens is 2. The van der Waals surface area contributed by atoms with Gasteiger partial charge in [0.25, 0.3) is 0 Å². The van der Waals surface area contributed by atoms with Crippen molar-refractivity contribution in [3.8, 4) is 0 Å². The minimum atomic E-state index is -0.529. The van der Waals surface area contributed by atoms with Gasteiger partial charge in [0.1, 0.15) is 37.1 Å². The molecule has 4 amide bonds. The van der Waals surface area contributed by atoms with Crippen molar-refractivity contribution in [1.29, 1.82) is 0 Å². The number of nitrogens with one attached hydrogen (secondary N) is 1. The van der Waals surface area contributed by atoms with Crippen LogP contribution in [0, 0.1) is 11.6 Å². The number of cyclic esters (lactones) is 2. The lowest BCUT2D eigenvalue weighted by Gasteiger charge is -2.36. The van der Waals surface area contributed by atoms with E-state index in [0.29, 0.717) is 99.7 Å². The largest absolute Gasteiger partial charge is 0.443 e. The zero-order valence-electron chi connectivity index (χ0n) is 34.0. The van der Waals surface area contributed by atoms with Gasteiger partial charge in [-0.3, -0.25) is 19.4 Å². The predicted octanol–water partition coefficient (Wildman–Crippen LogP) is 2.96. The van der Waals surface area contributed by atoms with E-state index in [1.54, 1.807) is 45.8 Å². The number of benzene rings is 2. The molecule has 60 heavy (non-hydrogen) atoms. The van der Waals surface area contributed by atoms with Crippen molar-refractivity contribution in [3.63, 3.8) is 0 Å². The zero-order valence-corrected chi connectivity index (χ0v) is 36.5. The van der Waals surface area contributed by atoms with Gasteiger partial charge >= 0.3 is 12.2 Å². The van der Waals surface area contributed by atoms with Gasteiger partial charge in [-0.1, -0.05) is 38.3 Å². The second kappa shape index (κ2) is 23.6. The first-order valence-electron chi connectivity index (χ1n) is 19.6. The molecular formula is C39H54F2N8O8S3. The van der Waals surface area contributed by atoms with Crippen LogP contribution in [0.15, 0.2) is 36.4 Å². The third-order valence-electron chi connectivity index (χ3n) is 10.1. The van der Waals surface area contributed by atoms with Crippen LogP contribution in [0.25, 0.3) is 0 Å². The molecule has 4 aliphatic rings. The molecule has 0 bridgehead atoms. The highest BCUT2D eigenvalue weighted by atomic mass is 32.2. The Morgan fingerprint density at radius 2 is 1.20 bits per heavy atom. The molecule has 2 atom stereocenters. The highest BCUT2D eigenvalue weighted by Gasteiger charge is 2.34. The number of aliphatic hydroxyl groups is 2. The molecule has 0 saturated carbocycles. The fraction of sp³-hybridized carbons (Fsp3) is 0.538. The number of nitrogens with two attached hydrogens (primary N) is 1. The first-order valence-corrected chi connectivity index (χ1v) is 21.7. The molecule has 0 radical (unpaired) electrons. The molecule has 4 heterocycles. The van der Waals surface area contributed by atoms with Crippen molar-refractivity contribution in [2.75, 3.05) is 118 Å². The summed E-state index contributed by atoms with van der Waals surface area (Å²) in [5.41, 5.74) is 7.20. The van der Waals surface area contributed by atoms with Gasteiger partial charge in [0.05, 0.1) is 47.4 Å². The molecular weight excluding hydrogens is 843 g/mol. The number of anilines is 4. The van der Waals surface area contributed by atoms with Crippen molar-refractivity contribution < 1.29 is 47.6 Å². The normalized spacial score (nSPS) is 18.9. The summed E-state index contributed by atoms with van der Waals surface area (Å²) < 4.78 is 40.8. The first-order chi connectivity index (χ1) is 28.8. The van der Waals surface area contributed by atoms with E-state index >= 15 is 0 Å². The van der Waals surface area contributed by atoms with Crippen LogP contribution in [0.5, 0.6) is 0 Å². The lowest BCUT2D eigenvalue weighted by atomic mass is 10.2. The average Bonchev–Trinajstić information content (AvgIpc) is 3.86. The Kier molecular flexibility index (Phi) is 18.9. The molecule has 16 nitrogen and oxygen atoms in total. The second-order valence-corrected chi connectivity index (χ2v) is 16.0. The SMILES string of the molecule is CCC(=S)NC[C@H]1CN(c2ccc(N3CCN(C(=O)CO)CC3)c(F)c2)C(=O)O1.CCC(=S)SC.NC[C@H]1CN(c2ccc(N3CCN(C(=O)CO)CC3)c(F)c2)C(=O)O1. The number of thioether (sulfide) groups is 1. The van der Waals surface area contributed by atoms with Gasteiger partial charge in [-0.2, -0.15) is 0 Å². The van der Waals surface area contributed by atoms with Crippen LogP contribution in [0.3, 0.4) is 0 Å². The van der Waals surface area contributed by atoms with Crippen LogP contribution in [-0.4, -0.2) is 163 Å². The van der Waals surface area contributed by atoms with Gasteiger partial charge in [0, 0.05) is 63.1 Å². The van der Waals surface area contributed by atoms with Crippen LogP contribution in [-0.2, 0) is 19.1 Å². The summed E-state index contributed by atoms with van der Waals surface area (Å²) in [4.78, 5) is 57.3. The Morgan fingerprint density at radius 3 is 1.53 bits per heavy atom. The molecule has 0 unspecified atom stereocenters. The summed E-state index contributed by atoms with van der Waals surface area (Å²) >= 11 is 11.6. The number of carbonyl (C=O) groups excluding carboxylic acids is 4. The smallest absolute Gasteiger partial charge is 0.414 e. The third-order valence-corrected chi connectivity index (χ3v) is 12.0. The molecule has 0 aliphatic carbocycles. The zero-order chi connectivity index (χ0) is 43.9. The maximum atomic E-state index is 14.8. The Morgan fingerprint density at radius 1 is 0.767 bits per heavy atom. The van der Waals surface area contributed by atoms with E-state index in [9.17, 15) is 28.0 Å². The fourth-order valence-corrected chi connectivity index (χ4v) is 7.00. The molecule has 4 saturated heterocycles. The lowest BCUT2D eigenvalue weighted by Crippen LogP contribution is -2.49. The van der Waals surface area contributed by atoms with Crippen LogP contribution in [0.2, 0.25) is 0 Å². The summed E-state index contributed by atoms with van der Waals surface area (Å²) in [6.45, 7) is 7.84. The van der Waals surface area contributed by atoms with Crippen molar-refractivity contribution >= 4 is 92.1 Å². The second-order valence-electron chi connectivity index (χ2n) is 13.9.